The molecule has 2 fully saturated rings. The maximum Gasteiger partial charge on any atom is 0.490 e. The maximum absolute atomic E-state index is 12.0. The molecule has 7 nitrogen and oxygen atoms in total. The lowest BCUT2D eigenvalue weighted by molar-refractivity contribution is -0.192. The number of furan rings is 1. The summed E-state index contributed by atoms with van der Waals surface area (Å²) in [6.45, 7) is 5.34. The Morgan fingerprint density at radius 2 is 1.79 bits per heavy atom. The summed E-state index contributed by atoms with van der Waals surface area (Å²) in [7, 11) is -3.09. The van der Waals surface area contributed by atoms with E-state index in [0.29, 0.717) is 6.54 Å². The van der Waals surface area contributed by atoms with Gasteiger partial charge in [-0.1, -0.05) is 0 Å². The molecular formula is C17H25F3N2O5S. The molecule has 2 aliphatic heterocycles. The fourth-order valence-electron chi connectivity index (χ4n) is 3.85. The van der Waals surface area contributed by atoms with Crippen molar-refractivity contribution in [2.45, 2.75) is 50.9 Å². The average molecular weight is 426 g/mol. The van der Waals surface area contributed by atoms with E-state index in [1.807, 2.05) is 19.1 Å². The number of alkyl halides is 3. The number of carboxylic acid groups (broad SMARTS) is 1. The van der Waals surface area contributed by atoms with Crippen LogP contribution in [0.15, 0.2) is 16.5 Å². The highest BCUT2D eigenvalue weighted by Gasteiger charge is 2.47. The number of carboxylic acids is 1. The molecule has 0 aliphatic carbocycles. The van der Waals surface area contributed by atoms with Crippen LogP contribution in [-0.2, 0) is 21.4 Å². The maximum atomic E-state index is 12.0. The molecule has 3 heterocycles. The van der Waals surface area contributed by atoms with Crippen LogP contribution in [0.25, 0.3) is 0 Å². The molecule has 1 aromatic rings. The number of nitrogens with zero attached hydrogens (tertiary/aromatic N) is 2. The van der Waals surface area contributed by atoms with Gasteiger partial charge >= 0.3 is 12.1 Å². The molecule has 1 N–H and O–H groups in total. The molecule has 11 heteroatoms. The minimum Gasteiger partial charge on any atom is -0.475 e. The fourth-order valence-corrected chi connectivity index (χ4v) is 5.29. The number of hydrogen-bond donors (Lipinski definition) is 1. The lowest BCUT2D eigenvalue weighted by Crippen LogP contribution is -2.53. The fraction of sp³-hybridized carbons (Fsp3) is 0.706. The number of aryl methyl sites for hydroxylation is 1. The quantitative estimate of drug-likeness (QED) is 0.799. The molecular weight excluding hydrogens is 401 g/mol. The van der Waals surface area contributed by atoms with Crippen LogP contribution in [0.1, 0.15) is 37.2 Å². The van der Waals surface area contributed by atoms with E-state index in [4.69, 9.17) is 14.3 Å². The lowest BCUT2D eigenvalue weighted by Gasteiger charge is -2.43. The first-order valence-corrected chi connectivity index (χ1v) is 10.7. The molecule has 1 spiro atoms. The number of halogens is 3. The van der Waals surface area contributed by atoms with Crippen LogP contribution in [0.2, 0.25) is 0 Å². The average Bonchev–Trinajstić information content (AvgIpc) is 3.16. The standard InChI is InChI=1S/C15H24N2O3S.C2HF3O2/c1-13-4-5-14(20-13)12-16-10-7-15(8-11-16)6-3-9-17(15)21(2,18)19;3-2(4,5)1(6)7/h4-5H,3,6-12H2,1-2H3;(H,6,7). The van der Waals surface area contributed by atoms with Gasteiger partial charge in [0.2, 0.25) is 10.0 Å². The van der Waals surface area contributed by atoms with Crippen LogP contribution < -0.4 is 0 Å². The third-order valence-corrected chi connectivity index (χ3v) is 6.51. The smallest absolute Gasteiger partial charge is 0.475 e. The molecule has 0 aromatic carbocycles. The van der Waals surface area contributed by atoms with Crippen molar-refractivity contribution >= 4 is 16.0 Å². The van der Waals surface area contributed by atoms with Crippen molar-refractivity contribution in [1.82, 2.24) is 9.21 Å². The number of hydrogen-bond acceptors (Lipinski definition) is 5. The third-order valence-electron chi connectivity index (χ3n) is 5.14. The second kappa shape index (κ2) is 8.42. The van der Waals surface area contributed by atoms with Crippen molar-refractivity contribution < 1.29 is 35.9 Å². The van der Waals surface area contributed by atoms with Gasteiger partial charge in [0.1, 0.15) is 11.5 Å². The number of likely N-dealkylation sites (tertiary alicyclic amines) is 1. The highest BCUT2D eigenvalue weighted by Crippen LogP contribution is 2.40. The van der Waals surface area contributed by atoms with E-state index in [1.165, 1.54) is 6.26 Å². The zero-order chi connectivity index (χ0) is 21.2. The monoisotopic (exact) mass is 426 g/mol. The molecule has 2 aliphatic rings. The number of piperidine rings is 1. The number of aliphatic carboxylic acids is 1. The Balaban J connectivity index is 0.000000345. The van der Waals surface area contributed by atoms with Gasteiger partial charge in [-0.15, -0.1) is 0 Å². The van der Waals surface area contributed by atoms with Crippen molar-refractivity contribution in [2.75, 3.05) is 25.9 Å². The Morgan fingerprint density at radius 1 is 1.21 bits per heavy atom. The van der Waals surface area contributed by atoms with Crippen molar-refractivity contribution in [3.63, 3.8) is 0 Å². The van der Waals surface area contributed by atoms with Crippen molar-refractivity contribution in [1.29, 1.82) is 0 Å². The summed E-state index contributed by atoms with van der Waals surface area (Å²) >= 11 is 0. The van der Waals surface area contributed by atoms with E-state index < -0.39 is 22.2 Å². The molecule has 0 amide bonds. The summed E-state index contributed by atoms with van der Waals surface area (Å²) < 4.78 is 63.1. The minimum absolute atomic E-state index is 0.122. The molecule has 0 saturated carbocycles. The zero-order valence-electron chi connectivity index (χ0n) is 15.8. The predicted octanol–water partition coefficient (Wildman–Crippen LogP) is 2.61. The third kappa shape index (κ3) is 5.71. The molecule has 28 heavy (non-hydrogen) atoms. The van der Waals surface area contributed by atoms with Gasteiger partial charge in [-0.3, -0.25) is 4.90 Å². The van der Waals surface area contributed by atoms with Crippen molar-refractivity contribution in [3.05, 3.63) is 23.7 Å². The summed E-state index contributed by atoms with van der Waals surface area (Å²) in [5, 5.41) is 7.12. The minimum atomic E-state index is -5.08. The Bertz CT molecular complexity index is 783. The molecule has 3 rings (SSSR count). The summed E-state index contributed by atoms with van der Waals surface area (Å²) in [5.41, 5.74) is -0.122. The first-order chi connectivity index (χ1) is 12.8. The zero-order valence-corrected chi connectivity index (χ0v) is 16.6. The second-order valence-electron chi connectivity index (χ2n) is 7.25. The lowest BCUT2D eigenvalue weighted by atomic mass is 9.86. The molecule has 1 aromatic heterocycles. The number of sulfonamides is 1. The second-order valence-corrected chi connectivity index (χ2v) is 9.16. The molecule has 160 valence electrons. The van der Waals surface area contributed by atoms with E-state index in [9.17, 15) is 21.6 Å². The van der Waals surface area contributed by atoms with Gasteiger partial charge in [0.25, 0.3) is 0 Å². The summed E-state index contributed by atoms with van der Waals surface area (Å²) in [6, 6.07) is 4.02. The SMILES string of the molecule is Cc1ccc(CN2CCC3(CCCN3S(C)(=O)=O)CC2)o1.O=C(O)C(F)(F)F. The van der Waals surface area contributed by atoms with Crippen molar-refractivity contribution in [3.8, 4) is 0 Å². The van der Waals surface area contributed by atoms with Gasteiger partial charge in [-0.2, -0.15) is 17.5 Å². The van der Waals surface area contributed by atoms with Crippen molar-refractivity contribution in [2.24, 2.45) is 0 Å². The van der Waals surface area contributed by atoms with Crippen LogP contribution >= 0.6 is 0 Å². The van der Waals surface area contributed by atoms with Crippen LogP contribution in [0.5, 0.6) is 0 Å². The van der Waals surface area contributed by atoms with Gasteiger partial charge in [-0.05, 0) is 44.7 Å². The Hall–Kier alpha value is -1.59. The Labute approximate surface area is 162 Å². The van der Waals surface area contributed by atoms with Gasteiger partial charge in [0, 0.05) is 25.2 Å². The highest BCUT2D eigenvalue weighted by atomic mass is 32.2. The summed E-state index contributed by atoms with van der Waals surface area (Å²) in [5.74, 6) is -0.820. The Morgan fingerprint density at radius 3 is 2.21 bits per heavy atom. The van der Waals surface area contributed by atoms with Crippen LogP contribution in [0.4, 0.5) is 13.2 Å². The van der Waals surface area contributed by atoms with E-state index >= 15 is 0 Å². The van der Waals surface area contributed by atoms with E-state index in [-0.39, 0.29) is 5.54 Å². The van der Waals surface area contributed by atoms with Gasteiger partial charge in [0.05, 0.1) is 12.8 Å². The summed E-state index contributed by atoms with van der Waals surface area (Å²) in [6.07, 6.45) is 0.121. The first-order valence-electron chi connectivity index (χ1n) is 8.89. The van der Waals surface area contributed by atoms with E-state index in [1.54, 1.807) is 4.31 Å². The number of rotatable bonds is 3. The van der Waals surface area contributed by atoms with Gasteiger partial charge in [-0.25, -0.2) is 13.2 Å². The van der Waals surface area contributed by atoms with Gasteiger partial charge in [0.15, 0.2) is 0 Å². The van der Waals surface area contributed by atoms with Crippen LogP contribution in [-0.4, -0.2) is 66.3 Å². The molecule has 0 unspecified atom stereocenters. The summed E-state index contributed by atoms with van der Waals surface area (Å²) in [4.78, 5) is 11.3. The Kier molecular flexibility index (Phi) is 6.82. The number of carbonyl (C=O) groups is 1. The largest absolute Gasteiger partial charge is 0.490 e. The predicted molar refractivity (Wildman–Crippen MR) is 95.2 cm³/mol. The molecule has 2 saturated heterocycles. The van der Waals surface area contributed by atoms with Gasteiger partial charge < -0.3 is 9.52 Å². The van der Waals surface area contributed by atoms with Crippen LogP contribution in [0, 0.1) is 6.92 Å². The normalized spacial score (nSPS) is 20.8. The van der Waals surface area contributed by atoms with E-state index in [0.717, 1.165) is 56.8 Å². The first kappa shape index (κ1) is 22.7. The van der Waals surface area contributed by atoms with Crippen LogP contribution in [0.3, 0.4) is 0 Å². The van der Waals surface area contributed by atoms with E-state index in [2.05, 4.69) is 4.90 Å². The highest BCUT2D eigenvalue weighted by molar-refractivity contribution is 7.88. The topological polar surface area (TPSA) is 91.1 Å². The molecule has 0 atom stereocenters. The molecule has 0 radical (unpaired) electrons. The molecule has 0 bridgehead atoms.